The van der Waals surface area contributed by atoms with Gasteiger partial charge in [-0.15, -0.1) is 0 Å². The molecule has 8 rings (SSSR count). The monoisotopic (exact) mass is 563 g/mol. The summed E-state index contributed by atoms with van der Waals surface area (Å²) in [5, 5.41) is 6.19. The van der Waals surface area contributed by atoms with Gasteiger partial charge in [0, 0.05) is 22.4 Å². The van der Waals surface area contributed by atoms with E-state index in [2.05, 4.69) is 177 Å². The zero-order valence-corrected chi connectivity index (χ0v) is 25.0. The first kappa shape index (κ1) is 26.2. The molecule has 44 heavy (non-hydrogen) atoms. The molecule has 1 nitrogen and oxygen atoms in total. The van der Waals surface area contributed by atoms with E-state index in [0.717, 1.165) is 11.4 Å². The van der Waals surface area contributed by atoms with Gasteiger partial charge in [-0.05, 0) is 85.1 Å². The molecular weight excluding hydrogens is 530 g/mol. The van der Waals surface area contributed by atoms with Crippen molar-refractivity contribution in [2.24, 2.45) is 0 Å². The van der Waals surface area contributed by atoms with Crippen molar-refractivity contribution in [3.63, 3.8) is 0 Å². The predicted molar refractivity (Wildman–Crippen MR) is 188 cm³/mol. The Bertz CT molecular complexity index is 2150. The predicted octanol–water partition coefficient (Wildman–Crippen LogP) is 11.9. The number of para-hydroxylation sites is 1. The molecule has 7 aromatic carbocycles. The number of anilines is 2. The lowest BCUT2D eigenvalue weighted by molar-refractivity contribution is 0.660. The van der Waals surface area contributed by atoms with Gasteiger partial charge < -0.3 is 5.32 Å². The van der Waals surface area contributed by atoms with Crippen LogP contribution in [0.25, 0.3) is 55.3 Å². The van der Waals surface area contributed by atoms with Gasteiger partial charge in [-0.1, -0.05) is 147 Å². The van der Waals surface area contributed by atoms with Crippen LogP contribution in [-0.2, 0) is 5.41 Å². The summed E-state index contributed by atoms with van der Waals surface area (Å²) in [7, 11) is 0. The SMILES string of the molecule is CC1(C)c2ccccc2-c2ccc(-c3ccc(-c4ccc(Nc5ccccc5-c5ccccc5)cc4)c4ccccc34)cc21. The summed E-state index contributed by atoms with van der Waals surface area (Å²) in [4.78, 5) is 0. The Balaban J connectivity index is 1.14. The summed E-state index contributed by atoms with van der Waals surface area (Å²) in [5.41, 5.74) is 15.1. The molecule has 1 aliphatic carbocycles. The zero-order valence-electron chi connectivity index (χ0n) is 25.0. The van der Waals surface area contributed by atoms with E-state index in [9.17, 15) is 0 Å². The van der Waals surface area contributed by atoms with Crippen LogP contribution in [-0.4, -0.2) is 0 Å². The minimum Gasteiger partial charge on any atom is -0.355 e. The Morgan fingerprint density at radius 2 is 0.909 bits per heavy atom. The average Bonchev–Trinajstić information content (AvgIpc) is 3.31. The lowest BCUT2D eigenvalue weighted by Gasteiger charge is -2.22. The lowest BCUT2D eigenvalue weighted by Crippen LogP contribution is -2.14. The minimum absolute atomic E-state index is 0.0188. The third-order valence-electron chi connectivity index (χ3n) is 9.31. The Labute approximate surface area is 259 Å². The van der Waals surface area contributed by atoms with Crippen LogP contribution in [0.1, 0.15) is 25.0 Å². The highest BCUT2D eigenvalue weighted by molar-refractivity contribution is 6.05. The fourth-order valence-corrected chi connectivity index (χ4v) is 7.02. The van der Waals surface area contributed by atoms with Crippen molar-refractivity contribution in [1.29, 1.82) is 0 Å². The van der Waals surface area contributed by atoms with Gasteiger partial charge >= 0.3 is 0 Å². The van der Waals surface area contributed by atoms with Crippen LogP contribution < -0.4 is 5.32 Å². The molecular formula is C43H33N. The van der Waals surface area contributed by atoms with Crippen LogP contribution in [0.5, 0.6) is 0 Å². The highest BCUT2D eigenvalue weighted by Crippen LogP contribution is 2.50. The first-order chi connectivity index (χ1) is 21.6. The quantitative estimate of drug-likeness (QED) is 0.220. The first-order valence-corrected chi connectivity index (χ1v) is 15.4. The van der Waals surface area contributed by atoms with Crippen molar-refractivity contribution >= 4 is 22.1 Å². The molecule has 0 aromatic heterocycles. The fourth-order valence-electron chi connectivity index (χ4n) is 7.02. The van der Waals surface area contributed by atoms with E-state index < -0.39 is 0 Å². The standard InChI is InChI=1S/C43H33N/c1-43(2)40-18-10-8-17-38(40)39-25-22-31(28-41(39)43)34-27-26-33(36-15-6-7-16-37(34)36)30-20-23-32(24-21-30)44-42-19-11-9-14-35(42)29-12-4-3-5-13-29/h3-28,44H,1-2H3. The number of nitrogens with one attached hydrogen (secondary N) is 1. The Morgan fingerprint density at radius 1 is 0.386 bits per heavy atom. The Kier molecular flexibility index (Phi) is 6.20. The maximum Gasteiger partial charge on any atom is 0.0463 e. The second kappa shape index (κ2) is 10.4. The molecule has 0 radical (unpaired) electrons. The number of benzene rings is 7. The van der Waals surface area contributed by atoms with Crippen molar-refractivity contribution in [3.8, 4) is 44.5 Å². The maximum atomic E-state index is 3.65. The van der Waals surface area contributed by atoms with Gasteiger partial charge in [0.1, 0.15) is 0 Å². The highest BCUT2D eigenvalue weighted by atomic mass is 14.9. The lowest BCUT2D eigenvalue weighted by atomic mass is 9.81. The van der Waals surface area contributed by atoms with Gasteiger partial charge in [-0.3, -0.25) is 0 Å². The number of hydrogen-bond donors (Lipinski definition) is 1. The van der Waals surface area contributed by atoms with Crippen LogP contribution in [0.4, 0.5) is 11.4 Å². The molecule has 1 N–H and O–H groups in total. The maximum absolute atomic E-state index is 3.65. The topological polar surface area (TPSA) is 12.0 Å². The highest BCUT2D eigenvalue weighted by Gasteiger charge is 2.35. The summed E-state index contributed by atoms with van der Waals surface area (Å²) < 4.78 is 0. The van der Waals surface area contributed by atoms with Crippen molar-refractivity contribution in [3.05, 3.63) is 169 Å². The second-order valence-corrected chi connectivity index (χ2v) is 12.3. The van der Waals surface area contributed by atoms with E-state index in [1.54, 1.807) is 0 Å². The molecule has 0 aliphatic heterocycles. The van der Waals surface area contributed by atoms with Gasteiger partial charge in [0.2, 0.25) is 0 Å². The van der Waals surface area contributed by atoms with Crippen LogP contribution in [0.15, 0.2) is 158 Å². The number of rotatable bonds is 5. The number of hydrogen-bond acceptors (Lipinski definition) is 1. The van der Waals surface area contributed by atoms with Crippen molar-refractivity contribution in [2.45, 2.75) is 19.3 Å². The first-order valence-electron chi connectivity index (χ1n) is 15.4. The molecule has 0 spiro atoms. The van der Waals surface area contributed by atoms with E-state index in [0.29, 0.717) is 0 Å². The van der Waals surface area contributed by atoms with Crippen molar-refractivity contribution in [1.82, 2.24) is 0 Å². The molecule has 1 heteroatoms. The molecule has 0 unspecified atom stereocenters. The molecule has 0 saturated carbocycles. The fraction of sp³-hybridized carbons (Fsp3) is 0.0698. The van der Waals surface area contributed by atoms with E-state index in [1.807, 2.05) is 0 Å². The molecule has 7 aromatic rings. The molecule has 0 bridgehead atoms. The molecule has 1 aliphatic rings. The normalized spacial score (nSPS) is 13.0. The van der Waals surface area contributed by atoms with Crippen molar-refractivity contribution < 1.29 is 0 Å². The van der Waals surface area contributed by atoms with Gasteiger partial charge in [-0.25, -0.2) is 0 Å². The molecule has 0 fully saturated rings. The van der Waals surface area contributed by atoms with E-state index >= 15 is 0 Å². The smallest absolute Gasteiger partial charge is 0.0463 e. The van der Waals surface area contributed by atoms with Crippen LogP contribution in [0.3, 0.4) is 0 Å². The average molecular weight is 564 g/mol. The molecule has 0 heterocycles. The third-order valence-corrected chi connectivity index (χ3v) is 9.31. The Morgan fingerprint density at radius 3 is 1.66 bits per heavy atom. The molecule has 0 saturated heterocycles. The molecule has 210 valence electrons. The molecule has 0 amide bonds. The van der Waals surface area contributed by atoms with Crippen LogP contribution in [0, 0.1) is 0 Å². The summed E-state index contributed by atoms with van der Waals surface area (Å²) in [6, 6.07) is 57.1. The van der Waals surface area contributed by atoms with E-state index in [4.69, 9.17) is 0 Å². The zero-order chi connectivity index (χ0) is 29.7. The summed E-state index contributed by atoms with van der Waals surface area (Å²) in [6.45, 7) is 4.70. The van der Waals surface area contributed by atoms with Crippen LogP contribution >= 0.6 is 0 Å². The van der Waals surface area contributed by atoms with Crippen molar-refractivity contribution in [2.75, 3.05) is 5.32 Å². The summed E-state index contributed by atoms with van der Waals surface area (Å²) >= 11 is 0. The molecule has 0 atom stereocenters. The Hall–Kier alpha value is -5.40. The van der Waals surface area contributed by atoms with Gasteiger partial charge in [-0.2, -0.15) is 0 Å². The van der Waals surface area contributed by atoms with E-state index in [1.165, 1.54) is 66.4 Å². The van der Waals surface area contributed by atoms with Crippen LogP contribution in [0.2, 0.25) is 0 Å². The number of fused-ring (bicyclic) bond motifs is 4. The largest absolute Gasteiger partial charge is 0.355 e. The summed E-state index contributed by atoms with van der Waals surface area (Å²) in [6.07, 6.45) is 0. The minimum atomic E-state index is -0.0188. The third kappa shape index (κ3) is 4.32. The van der Waals surface area contributed by atoms with E-state index in [-0.39, 0.29) is 5.41 Å². The second-order valence-electron chi connectivity index (χ2n) is 12.3. The van der Waals surface area contributed by atoms with Gasteiger partial charge in [0.25, 0.3) is 0 Å². The van der Waals surface area contributed by atoms with Gasteiger partial charge in [0.05, 0.1) is 0 Å². The van der Waals surface area contributed by atoms with Gasteiger partial charge in [0.15, 0.2) is 0 Å². The summed E-state index contributed by atoms with van der Waals surface area (Å²) in [5.74, 6) is 0.